The quantitative estimate of drug-likeness (QED) is 0.670. The number of amides is 1. The molecule has 0 saturated carbocycles. The van der Waals surface area contributed by atoms with Crippen LogP contribution in [0.4, 0.5) is 20.2 Å². The minimum Gasteiger partial charge on any atom is -0.399 e. The Balaban J connectivity index is 1.97. The molecule has 1 amide bonds. The van der Waals surface area contributed by atoms with E-state index in [0.717, 1.165) is 22.6 Å². The number of hydrogen-bond donors (Lipinski definition) is 2. The van der Waals surface area contributed by atoms with E-state index < -0.39 is 11.6 Å². The van der Waals surface area contributed by atoms with Gasteiger partial charge in [-0.15, -0.1) is 11.8 Å². The maximum absolute atomic E-state index is 13.4. The van der Waals surface area contributed by atoms with Crippen molar-refractivity contribution < 1.29 is 13.6 Å². The minimum absolute atomic E-state index is 0.0358. The summed E-state index contributed by atoms with van der Waals surface area (Å²) < 4.78 is 26.2. The van der Waals surface area contributed by atoms with Crippen LogP contribution in [-0.4, -0.2) is 11.7 Å². The van der Waals surface area contributed by atoms with Crippen molar-refractivity contribution in [1.82, 2.24) is 0 Å². The predicted octanol–water partition coefficient (Wildman–Crippen LogP) is 3.59. The molecule has 6 heteroatoms. The Morgan fingerprint density at radius 3 is 2.71 bits per heavy atom. The fraction of sp³-hybridized carbons (Fsp3) is 0.133. The first kappa shape index (κ1) is 15.3. The zero-order chi connectivity index (χ0) is 15.4. The Morgan fingerprint density at radius 1 is 1.24 bits per heavy atom. The summed E-state index contributed by atoms with van der Waals surface area (Å²) in [6.07, 6.45) is 0. The van der Waals surface area contributed by atoms with Gasteiger partial charge in [-0.3, -0.25) is 4.79 Å². The zero-order valence-electron chi connectivity index (χ0n) is 11.3. The first-order valence-corrected chi connectivity index (χ1v) is 7.18. The third-order valence-corrected chi connectivity index (χ3v) is 3.93. The van der Waals surface area contributed by atoms with Gasteiger partial charge in [0, 0.05) is 16.6 Å². The highest BCUT2D eigenvalue weighted by atomic mass is 32.2. The van der Waals surface area contributed by atoms with E-state index in [1.807, 2.05) is 13.0 Å². The standard InChI is InChI=1S/C15H14F2N2OS/c1-9-2-4-11(18)7-14(9)21-8-15(20)19-13-5-3-10(16)6-12(13)17/h2-7H,8,18H2,1H3,(H,19,20). The van der Waals surface area contributed by atoms with Crippen molar-refractivity contribution in [2.75, 3.05) is 16.8 Å². The Hall–Kier alpha value is -2.08. The van der Waals surface area contributed by atoms with Crippen LogP contribution in [0.5, 0.6) is 0 Å². The first-order chi connectivity index (χ1) is 9.95. The highest BCUT2D eigenvalue weighted by molar-refractivity contribution is 8.00. The van der Waals surface area contributed by atoms with Gasteiger partial charge in [0.25, 0.3) is 0 Å². The molecule has 0 saturated heterocycles. The summed E-state index contributed by atoms with van der Waals surface area (Å²) in [5, 5.41) is 2.41. The molecule has 0 spiro atoms. The van der Waals surface area contributed by atoms with Crippen LogP contribution >= 0.6 is 11.8 Å². The fourth-order valence-corrected chi connectivity index (χ4v) is 2.57. The van der Waals surface area contributed by atoms with E-state index in [-0.39, 0.29) is 17.3 Å². The number of carbonyl (C=O) groups is 1. The van der Waals surface area contributed by atoms with Gasteiger partial charge in [-0.2, -0.15) is 0 Å². The van der Waals surface area contributed by atoms with Gasteiger partial charge >= 0.3 is 0 Å². The number of benzene rings is 2. The highest BCUT2D eigenvalue weighted by Crippen LogP contribution is 2.25. The number of thioether (sulfide) groups is 1. The van der Waals surface area contributed by atoms with Crippen molar-refractivity contribution in [3.05, 3.63) is 53.6 Å². The molecular weight excluding hydrogens is 294 g/mol. The number of halogens is 2. The van der Waals surface area contributed by atoms with Crippen LogP contribution in [0.15, 0.2) is 41.3 Å². The third-order valence-electron chi connectivity index (χ3n) is 2.78. The maximum Gasteiger partial charge on any atom is 0.234 e. The van der Waals surface area contributed by atoms with E-state index >= 15 is 0 Å². The summed E-state index contributed by atoms with van der Waals surface area (Å²) >= 11 is 1.31. The van der Waals surface area contributed by atoms with E-state index in [1.54, 1.807) is 12.1 Å². The SMILES string of the molecule is Cc1ccc(N)cc1SCC(=O)Nc1ccc(F)cc1F. The number of nitrogens with one attached hydrogen (secondary N) is 1. The summed E-state index contributed by atoms with van der Waals surface area (Å²) in [7, 11) is 0. The van der Waals surface area contributed by atoms with Crippen LogP contribution in [0.3, 0.4) is 0 Å². The number of nitrogen functional groups attached to an aromatic ring is 1. The lowest BCUT2D eigenvalue weighted by atomic mass is 10.2. The molecule has 2 aromatic carbocycles. The summed E-state index contributed by atoms with van der Waals surface area (Å²) in [5.74, 6) is -1.74. The molecule has 21 heavy (non-hydrogen) atoms. The number of carbonyl (C=O) groups excluding carboxylic acids is 1. The lowest BCUT2D eigenvalue weighted by Crippen LogP contribution is -2.15. The third kappa shape index (κ3) is 4.19. The Morgan fingerprint density at radius 2 is 2.00 bits per heavy atom. The summed E-state index contributed by atoms with van der Waals surface area (Å²) in [6, 6.07) is 8.45. The molecule has 3 nitrogen and oxygen atoms in total. The van der Waals surface area contributed by atoms with Gasteiger partial charge in [0.15, 0.2) is 0 Å². The van der Waals surface area contributed by atoms with Gasteiger partial charge in [-0.25, -0.2) is 8.78 Å². The number of rotatable bonds is 4. The number of nitrogens with two attached hydrogens (primary N) is 1. The molecule has 0 radical (unpaired) electrons. The van der Waals surface area contributed by atoms with Crippen LogP contribution in [0.2, 0.25) is 0 Å². The smallest absolute Gasteiger partial charge is 0.234 e. The molecule has 0 aliphatic carbocycles. The Labute approximate surface area is 125 Å². The van der Waals surface area contributed by atoms with Crippen LogP contribution in [0, 0.1) is 18.6 Å². The van der Waals surface area contributed by atoms with Crippen LogP contribution < -0.4 is 11.1 Å². The second kappa shape index (κ2) is 6.58. The van der Waals surface area contributed by atoms with Crippen LogP contribution in [-0.2, 0) is 4.79 Å². The monoisotopic (exact) mass is 308 g/mol. The van der Waals surface area contributed by atoms with Crippen LogP contribution in [0.25, 0.3) is 0 Å². The number of anilines is 2. The first-order valence-electron chi connectivity index (χ1n) is 6.19. The van der Waals surface area contributed by atoms with Gasteiger partial charge in [-0.1, -0.05) is 6.07 Å². The highest BCUT2D eigenvalue weighted by Gasteiger charge is 2.09. The topological polar surface area (TPSA) is 55.1 Å². The summed E-state index contributed by atoms with van der Waals surface area (Å²) in [6.45, 7) is 1.92. The molecule has 0 atom stereocenters. The van der Waals surface area contributed by atoms with E-state index in [9.17, 15) is 13.6 Å². The second-order valence-corrected chi connectivity index (χ2v) is 5.50. The fourth-order valence-electron chi connectivity index (χ4n) is 1.69. The van der Waals surface area contributed by atoms with Crippen molar-refractivity contribution in [2.45, 2.75) is 11.8 Å². The lowest BCUT2D eigenvalue weighted by molar-refractivity contribution is -0.113. The van der Waals surface area contributed by atoms with Gasteiger partial charge in [-0.05, 0) is 36.8 Å². The number of hydrogen-bond acceptors (Lipinski definition) is 3. The van der Waals surface area contributed by atoms with E-state index in [0.29, 0.717) is 5.69 Å². The molecule has 2 rings (SSSR count). The molecule has 0 unspecified atom stereocenters. The molecule has 0 bridgehead atoms. The van der Waals surface area contributed by atoms with Gasteiger partial charge < -0.3 is 11.1 Å². The van der Waals surface area contributed by atoms with Crippen LogP contribution in [0.1, 0.15) is 5.56 Å². The maximum atomic E-state index is 13.4. The van der Waals surface area contributed by atoms with Gasteiger partial charge in [0.05, 0.1) is 11.4 Å². The minimum atomic E-state index is -0.798. The van der Waals surface area contributed by atoms with Gasteiger partial charge in [0.2, 0.25) is 5.91 Å². The van der Waals surface area contributed by atoms with Crippen molar-refractivity contribution >= 4 is 29.0 Å². The average molecular weight is 308 g/mol. The largest absolute Gasteiger partial charge is 0.399 e. The Bertz CT molecular complexity index is 677. The molecule has 3 N–H and O–H groups in total. The van der Waals surface area contributed by atoms with E-state index in [4.69, 9.17) is 5.73 Å². The van der Waals surface area contributed by atoms with Gasteiger partial charge in [0.1, 0.15) is 11.6 Å². The average Bonchev–Trinajstić information content (AvgIpc) is 2.43. The molecule has 0 aromatic heterocycles. The molecule has 110 valence electrons. The summed E-state index contributed by atoms with van der Waals surface area (Å²) in [4.78, 5) is 12.7. The summed E-state index contributed by atoms with van der Waals surface area (Å²) in [5.41, 5.74) is 7.28. The number of aryl methyl sites for hydroxylation is 1. The molecule has 0 aliphatic rings. The normalized spacial score (nSPS) is 10.4. The molecule has 0 fully saturated rings. The van der Waals surface area contributed by atoms with Crippen molar-refractivity contribution in [3.8, 4) is 0 Å². The van der Waals surface area contributed by atoms with E-state index in [2.05, 4.69) is 5.32 Å². The predicted molar refractivity (Wildman–Crippen MR) is 81.3 cm³/mol. The van der Waals surface area contributed by atoms with E-state index in [1.165, 1.54) is 17.8 Å². The van der Waals surface area contributed by atoms with Crippen molar-refractivity contribution in [2.24, 2.45) is 0 Å². The Kier molecular flexibility index (Phi) is 4.80. The molecule has 2 aromatic rings. The molecular formula is C15H14F2N2OS. The second-order valence-electron chi connectivity index (χ2n) is 4.49. The van der Waals surface area contributed by atoms with Crippen molar-refractivity contribution in [3.63, 3.8) is 0 Å². The lowest BCUT2D eigenvalue weighted by Gasteiger charge is -2.08. The molecule has 0 heterocycles. The molecule has 0 aliphatic heterocycles. The zero-order valence-corrected chi connectivity index (χ0v) is 12.1. The van der Waals surface area contributed by atoms with Crippen molar-refractivity contribution in [1.29, 1.82) is 0 Å².